The van der Waals surface area contributed by atoms with E-state index in [4.69, 9.17) is 21.5 Å². The fourth-order valence-corrected chi connectivity index (χ4v) is 1.78. The number of hydrogen-bond acceptors (Lipinski definition) is 5. The lowest BCUT2D eigenvalue weighted by atomic mass is 10.2. The summed E-state index contributed by atoms with van der Waals surface area (Å²) < 4.78 is 17.5. The van der Waals surface area contributed by atoms with Crippen LogP contribution in [-0.2, 0) is 14.3 Å². The number of carbonyl (C=O) groups is 2. The number of nitrogens with two attached hydrogens (primary N) is 1. The molecule has 0 saturated heterocycles. The summed E-state index contributed by atoms with van der Waals surface area (Å²) in [7, 11) is 0. The molecule has 0 saturated carbocycles. The Morgan fingerprint density at radius 1 is 1.29 bits per heavy atom. The molecule has 152 valence electrons. The Balaban J connectivity index is 4.20. The fraction of sp³-hybridized carbons (Fsp3) is 0.158. The second kappa shape index (κ2) is 14.5. The minimum Gasteiger partial charge on any atom is -0.491 e. The largest absolute Gasteiger partial charge is 0.491 e. The molecule has 0 aromatic rings. The lowest BCUT2D eigenvalue weighted by Gasteiger charge is -2.10. The zero-order chi connectivity index (χ0) is 21.5. The van der Waals surface area contributed by atoms with Crippen LogP contribution in [-0.4, -0.2) is 25.0 Å². The predicted molar refractivity (Wildman–Crippen MR) is 113 cm³/mol. The summed E-state index contributed by atoms with van der Waals surface area (Å²) in [6, 6.07) is 0. The van der Waals surface area contributed by atoms with Gasteiger partial charge in [-0.3, -0.25) is 14.7 Å². The average Bonchev–Trinajstić information content (AvgIpc) is 2.64. The summed E-state index contributed by atoms with van der Waals surface area (Å²) in [5, 5.41) is 10.4. The predicted octanol–water partition coefficient (Wildman–Crippen LogP) is 3.49. The molecule has 0 aliphatic heterocycles. The molecule has 2 amide bonds. The summed E-state index contributed by atoms with van der Waals surface area (Å²) in [4.78, 5) is 24.2. The van der Waals surface area contributed by atoms with Crippen LogP contribution in [0.15, 0.2) is 83.9 Å². The maximum Gasteiger partial charge on any atom is 0.257 e. The van der Waals surface area contributed by atoms with Crippen LogP contribution in [0.25, 0.3) is 0 Å². The molecule has 28 heavy (non-hydrogen) atoms. The average molecular weight is 428 g/mol. The molecule has 0 aliphatic rings. The number of halogens is 2. The minimum absolute atomic E-state index is 0.162. The first kappa shape index (κ1) is 25.5. The van der Waals surface area contributed by atoms with E-state index in [1.807, 2.05) is 0 Å². The smallest absolute Gasteiger partial charge is 0.257 e. The minimum atomic E-state index is -0.768. The highest BCUT2D eigenvalue weighted by atomic mass is 35.5. The quantitative estimate of drug-likeness (QED) is 0.181. The Morgan fingerprint density at radius 2 is 1.96 bits per heavy atom. The summed E-state index contributed by atoms with van der Waals surface area (Å²) in [6.45, 7) is 14.0. The Hall–Kier alpha value is -2.55. The molecule has 0 radical (unpaired) electrons. The van der Waals surface area contributed by atoms with Gasteiger partial charge in [-0.15, -0.1) is 0 Å². The summed E-state index contributed by atoms with van der Waals surface area (Å²) in [5.74, 6) is -1.55. The van der Waals surface area contributed by atoms with Gasteiger partial charge in [-0.1, -0.05) is 44.0 Å². The molecule has 0 atom stereocenters. The molecule has 0 spiro atoms. The number of amides is 2. The molecule has 0 aromatic heterocycles. The zero-order valence-electron chi connectivity index (χ0n) is 15.3. The van der Waals surface area contributed by atoms with E-state index >= 15 is 0 Å². The van der Waals surface area contributed by atoms with Gasteiger partial charge in [-0.25, -0.2) is 4.39 Å². The van der Waals surface area contributed by atoms with Gasteiger partial charge >= 0.3 is 0 Å². The maximum absolute atomic E-state index is 12.6. The van der Waals surface area contributed by atoms with Crippen LogP contribution in [0.3, 0.4) is 0 Å². The van der Waals surface area contributed by atoms with E-state index in [2.05, 4.69) is 36.9 Å². The molecular weight excluding hydrogens is 405 g/mol. The van der Waals surface area contributed by atoms with Crippen molar-refractivity contribution in [1.82, 2.24) is 10.6 Å². The van der Waals surface area contributed by atoms with Crippen LogP contribution >= 0.6 is 23.5 Å². The molecule has 6 nitrogen and oxygen atoms in total. The first-order valence-corrected chi connectivity index (χ1v) is 9.11. The third kappa shape index (κ3) is 11.9. The van der Waals surface area contributed by atoms with E-state index in [9.17, 15) is 14.0 Å². The monoisotopic (exact) mass is 427 g/mol. The molecular formula is C19H23ClFN3O3S. The lowest BCUT2D eigenvalue weighted by Crippen LogP contribution is -2.30. The van der Waals surface area contributed by atoms with Gasteiger partial charge in [0.25, 0.3) is 11.8 Å². The van der Waals surface area contributed by atoms with Crippen molar-refractivity contribution in [3.05, 3.63) is 83.9 Å². The highest BCUT2D eigenvalue weighted by Crippen LogP contribution is 2.13. The van der Waals surface area contributed by atoms with Gasteiger partial charge in [-0.05, 0) is 30.2 Å². The molecule has 9 heteroatoms. The normalized spacial score (nSPS) is 11.7. The summed E-state index contributed by atoms with van der Waals surface area (Å²) in [6.07, 6.45) is 6.96. The van der Waals surface area contributed by atoms with Crippen LogP contribution in [0.4, 0.5) is 4.39 Å². The molecule has 0 aromatic carbocycles. The van der Waals surface area contributed by atoms with E-state index in [0.717, 1.165) is 11.9 Å². The van der Waals surface area contributed by atoms with Crippen molar-refractivity contribution in [3.8, 4) is 0 Å². The van der Waals surface area contributed by atoms with Crippen molar-refractivity contribution >= 4 is 35.4 Å². The molecule has 0 heterocycles. The van der Waals surface area contributed by atoms with Gasteiger partial charge in [0.2, 0.25) is 0 Å². The standard InChI is InChI=1S/C19H23ClFN3O3S/c1-5-16(11-14(3)28-22)19(26)24-13(2)8-9-23-18(25)12-27-10-6-7-17(20)15(4)21/h5-7,10-11H,1-4,8-9,12,22H2,(H,23,25)(H,24,26)/b10-6+,16-11+,17-7+. The third-order valence-corrected chi connectivity index (χ3v) is 3.63. The third-order valence-electron chi connectivity index (χ3n) is 2.88. The zero-order valence-corrected chi connectivity index (χ0v) is 16.9. The summed E-state index contributed by atoms with van der Waals surface area (Å²) in [5.41, 5.74) is 0.704. The van der Waals surface area contributed by atoms with E-state index < -0.39 is 11.7 Å². The van der Waals surface area contributed by atoms with Gasteiger partial charge in [0.05, 0.1) is 11.3 Å². The number of allylic oxidation sites excluding steroid dienone is 5. The molecule has 0 aliphatic carbocycles. The van der Waals surface area contributed by atoms with Crippen molar-refractivity contribution in [3.63, 3.8) is 0 Å². The van der Waals surface area contributed by atoms with Crippen LogP contribution in [0.2, 0.25) is 0 Å². The van der Waals surface area contributed by atoms with Crippen LogP contribution in [0, 0.1) is 0 Å². The Morgan fingerprint density at radius 3 is 2.54 bits per heavy atom. The van der Waals surface area contributed by atoms with Crippen LogP contribution < -0.4 is 15.8 Å². The number of hydrogen-bond donors (Lipinski definition) is 3. The Bertz CT molecular complexity index is 730. The summed E-state index contributed by atoms with van der Waals surface area (Å²) >= 11 is 6.41. The SMILES string of the molecule is C=C/C(=C\C(=C)SN)C(=O)NC(=C)CCNC(=O)CO/C=C/C=C(/Cl)C(=C)F. The highest BCUT2D eigenvalue weighted by molar-refractivity contribution is 8.01. The van der Waals surface area contributed by atoms with Gasteiger partial charge in [0.15, 0.2) is 6.61 Å². The van der Waals surface area contributed by atoms with Gasteiger partial charge in [0.1, 0.15) is 5.83 Å². The lowest BCUT2D eigenvalue weighted by molar-refractivity contribution is -0.124. The van der Waals surface area contributed by atoms with Gasteiger partial charge in [-0.2, -0.15) is 0 Å². The second-order valence-corrected chi connectivity index (χ2v) is 6.27. The van der Waals surface area contributed by atoms with Crippen molar-refractivity contribution in [1.29, 1.82) is 0 Å². The van der Waals surface area contributed by atoms with Crippen LogP contribution in [0.5, 0.6) is 0 Å². The van der Waals surface area contributed by atoms with E-state index in [1.54, 1.807) is 0 Å². The van der Waals surface area contributed by atoms with Crippen molar-refractivity contribution < 1.29 is 18.7 Å². The van der Waals surface area contributed by atoms with Crippen molar-refractivity contribution in [2.45, 2.75) is 6.42 Å². The second-order valence-electron chi connectivity index (χ2n) is 5.10. The van der Waals surface area contributed by atoms with Crippen LogP contribution in [0.1, 0.15) is 6.42 Å². The molecule has 0 fully saturated rings. The first-order valence-electron chi connectivity index (χ1n) is 7.85. The highest BCUT2D eigenvalue weighted by Gasteiger charge is 2.08. The maximum atomic E-state index is 12.6. The molecule has 0 rings (SSSR count). The topological polar surface area (TPSA) is 93.5 Å². The molecule has 4 N–H and O–H groups in total. The number of rotatable bonds is 13. The van der Waals surface area contributed by atoms with Crippen molar-refractivity contribution in [2.75, 3.05) is 13.2 Å². The van der Waals surface area contributed by atoms with E-state index in [-0.39, 0.29) is 24.1 Å². The number of nitrogens with one attached hydrogen (secondary N) is 2. The fourth-order valence-electron chi connectivity index (χ4n) is 1.52. The Kier molecular flexibility index (Phi) is 13.2. The molecule has 0 unspecified atom stereocenters. The van der Waals surface area contributed by atoms with Gasteiger partial charge in [0, 0.05) is 29.1 Å². The van der Waals surface area contributed by atoms with Gasteiger partial charge < -0.3 is 15.4 Å². The number of carbonyl (C=O) groups excluding carboxylic acids is 2. The van der Waals surface area contributed by atoms with E-state index in [1.165, 1.54) is 30.6 Å². The molecule has 0 bridgehead atoms. The van der Waals surface area contributed by atoms with Crippen molar-refractivity contribution in [2.24, 2.45) is 5.14 Å². The first-order chi connectivity index (χ1) is 13.2. The number of ether oxygens (including phenoxy) is 1. The van der Waals surface area contributed by atoms with E-state index in [0.29, 0.717) is 22.6 Å². The Labute approximate surface area is 173 Å².